The predicted molar refractivity (Wildman–Crippen MR) is 83.0 cm³/mol. The smallest absolute Gasteiger partial charge is 0.0474 e. The average Bonchev–Trinajstić information content (AvgIpc) is 2.43. The van der Waals surface area contributed by atoms with Crippen LogP contribution in [0.15, 0.2) is 42.5 Å². The van der Waals surface area contributed by atoms with Gasteiger partial charge in [-0.3, -0.25) is 0 Å². The molecule has 0 saturated carbocycles. The Kier molecular flexibility index (Phi) is 5.53. The van der Waals surface area contributed by atoms with Crippen molar-refractivity contribution in [2.24, 2.45) is 0 Å². The van der Waals surface area contributed by atoms with Gasteiger partial charge in [0.05, 0.1) is 0 Å². The zero-order valence-corrected chi connectivity index (χ0v) is 12.6. The van der Waals surface area contributed by atoms with E-state index in [1.54, 1.807) is 6.07 Å². The highest BCUT2D eigenvalue weighted by Crippen LogP contribution is 2.20. The topological polar surface area (TPSA) is 12.0 Å². The maximum atomic E-state index is 6.10. The molecule has 4 heteroatoms. The second kappa shape index (κ2) is 7.16. The first-order valence-electron chi connectivity index (χ1n) is 5.97. The molecule has 0 aliphatic heterocycles. The lowest BCUT2D eigenvalue weighted by molar-refractivity contribution is 0.693. The third-order valence-electron chi connectivity index (χ3n) is 2.83. The lowest BCUT2D eigenvalue weighted by Crippen LogP contribution is -2.13. The van der Waals surface area contributed by atoms with Crippen LogP contribution in [0.1, 0.15) is 16.7 Å². The molecule has 0 heterocycles. The Morgan fingerprint density at radius 1 is 0.842 bits per heavy atom. The first kappa shape index (κ1) is 14.7. The van der Waals surface area contributed by atoms with Crippen molar-refractivity contribution in [3.63, 3.8) is 0 Å². The number of alkyl halides is 1. The molecule has 0 aliphatic carbocycles. The van der Waals surface area contributed by atoms with E-state index in [2.05, 4.69) is 17.4 Å². The molecular formula is C15H14Cl3N. The summed E-state index contributed by atoms with van der Waals surface area (Å²) in [5.41, 5.74) is 3.35. The van der Waals surface area contributed by atoms with Gasteiger partial charge in [-0.15, -0.1) is 11.6 Å². The van der Waals surface area contributed by atoms with E-state index >= 15 is 0 Å². The first-order valence-corrected chi connectivity index (χ1v) is 7.26. The van der Waals surface area contributed by atoms with Crippen LogP contribution in [0.2, 0.25) is 10.0 Å². The standard InChI is InChI=1S/C15H14Cl3N/c16-8-11-1-3-12(4-2-11)9-19-10-13-7-14(17)5-6-15(13)18/h1-7,19H,8-10H2. The van der Waals surface area contributed by atoms with E-state index in [0.717, 1.165) is 22.7 Å². The Labute approximate surface area is 128 Å². The lowest BCUT2D eigenvalue weighted by Gasteiger charge is -2.08. The van der Waals surface area contributed by atoms with Gasteiger partial charge < -0.3 is 5.32 Å². The van der Waals surface area contributed by atoms with Crippen molar-refractivity contribution in [2.75, 3.05) is 0 Å². The van der Waals surface area contributed by atoms with Crippen LogP contribution < -0.4 is 5.32 Å². The molecule has 0 unspecified atom stereocenters. The quantitative estimate of drug-likeness (QED) is 0.764. The maximum Gasteiger partial charge on any atom is 0.0474 e. The molecule has 0 spiro atoms. The van der Waals surface area contributed by atoms with Gasteiger partial charge in [0.15, 0.2) is 0 Å². The van der Waals surface area contributed by atoms with E-state index in [0.29, 0.717) is 17.4 Å². The molecule has 0 radical (unpaired) electrons. The van der Waals surface area contributed by atoms with Crippen LogP contribution in [0.3, 0.4) is 0 Å². The SMILES string of the molecule is ClCc1ccc(CNCc2cc(Cl)ccc2Cl)cc1. The predicted octanol–water partition coefficient (Wildman–Crippen LogP) is 5.02. The summed E-state index contributed by atoms with van der Waals surface area (Å²) in [6.45, 7) is 1.47. The highest BCUT2D eigenvalue weighted by Gasteiger charge is 2.01. The molecule has 0 saturated heterocycles. The number of rotatable bonds is 5. The average molecular weight is 315 g/mol. The molecule has 2 rings (SSSR count). The minimum Gasteiger partial charge on any atom is -0.309 e. The summed E-state index contributed by atoms with van der Waals surface area (Å²) in [5, 5.41) is 4.78. The van der Waals surface area contributed by atoms with E-state index in [-0.39, 0.29) is 0 Å². The van der Waals surface area contributed by atoms with Crippen LogP contribution in [-0.4, -0.2) is 0 Å². The van der Waals surface area contributed by atoms with Crippen LogP contribution in [0.25, 0.3) is 0 Å². The molecule has 19 heavy (non-hydrogen) atoms. The fourth-order valence-electron chi connectivity index (χ4n) is 1.77. The molecule has 0 fully saturated rings. The first-order chi connectivity index (χ1) is 9.19. The number of hydrogen-bond donors (Lipinski definition) is 1. The van der Waals surface area contributed by atoms with Gasteiger partial charge in [-0.2, -0.15) is 0 Å². The van der Waals surface area contributed by atoms with Gasteiger partial charge in [0.1, 0.15) is 0 Å². The highest BCUT2D eigenvalue weighted by atomic mass is 35.5. The zero-order valence-electron chi connectivity index (χ0n) is 10.3. The van der Waals surface area contributed by atoms with Gasteiger partial charge in [-0.05, 0) is 34.9 Å². The Balaban J connectivity index is 1.90. The van der Waals surface area contributed by atoms with Crippen LogP contribution >= 0.6 is 34.8 Å². The van der Waals surface area contributed by atoms with Crippen molar-refractivity contribution < 1.29 is 0 Å². The van der Waals surface area contributed by atoms with Crippen molar-refractivity contribution in [3.8, 4) is 0 Å². The summed E-state index contributed by atoms with van der Waals surface area (Å²) in [4.78, 5) is 0. The van der Waals surface area contributed by atoms with Crippen molar-refractivity contribution in [2.45, 2.75) is 19.0 Å². The zero-order chi connectivity index (χ0) is 13.7. The summed E-state index contributed by atoms with van der Waals surface area (Å²) in [6, 6.07) is 13.7. The Bertz CT molecular complexity index is 538. The second-order valence-corrected chi connectivity index (χ2v) is 5.40. The molecule has 0 aromatic heterocycles. The van der Waals surface area contributed by atoms with E-state index in [9.17, 15) is 0 Å². The number of hydrogen-bond acceptors (Lipinski definition) is 1. The fraction of sp³-hybridized carbons (Fsp3) is 0.200. The molecule has 2 aromatic carbocycles. The van der Waals surface area contributed by atoms with E-state index < -0.39 is 0 Å². The summed E-state index contributed by atoms with van der Waals surface area (Å²) in [7, 11) is 0. The van der Waals surface area contributed by atoms with Crippen LogP contribution in [0.4, 0.5) is 0 Å². The Hall–Kier alpha value is -0.730. The van der Waals surface area contributed by atoms with Crippen LogP contribution in [-0.2, 0) is 19.0 Å². The van der Waals surface area contributed by atoms with Crippen LogP contribution in [0, 0.1) is 0 Å². The number of nitrogens with one attached hydrogen (secondary N) is 1. The highest BCUT2D eigenvalue weighted by molar-refractivity contribution is 6.33. The Morgan fingerprint density at radius 3 is 2.21 bits per heavy atom. The molecule has 1 N–H and O–H groups in total. The molecule has 1 nitrogen and oxygen atoms in total. The number of halogens is 3. The fourth-order valence-corrected chi connectivity index (χ4v) is 2.32. The maximum absolute atomic E-state index is 6.10. The minimum absolute atomic E-state index is 0.547. The van der Waals surface area contributed by atoms with Gasteiger partial charge >= 0.3 is 0 Å². The summed E-state index contributed by atoms with van der Waals surface area (Å²) >= 11 is 17.8. The Morgan fingerprint density at radius 2 is 1.53 bits per heavy atom. The van der Waals surface area contributed by atoms with Crippen LogP contribution in [0.5, 0.6) is 0 Å². The molecule has 2 aromatic rings. The van der Waals surface area contributed by atoms with Crippen molar-refractivity contribution in [1.82, 2.24) is 5.32 Å². The van der Waals surface area contributed by atoms with Gasteiger partial charge in [0, 0.05) is 29.0 Å². The molecule has 0 atom stereocenters. The molecule has 0 amide bonds. The van der Waals surface area contributed by atoms with Gasteiger partial charge in [0.2, 0.25) is 0 Å². The molecule has 0 bridgehead atoms. The minimum atomic E-state index is 0.547. The normalized spacial score (nSPS) is 10.7. The molecule has 100 valence electrons. The van der Waals surface area contributed by atoms with Crippen molar-refractivity contribution in [3.05, 3.63) is 69.2 Å². The van der Waals surface area contributed by atoms with Gasteiger partial charge in [-0.1, -0.05) is 47.5 Å². The monoisotopic (exact) mass is 313 g/mol. The largest absolute Gasteiger partial charge is 0.309 e. The summed E-state index contributed by atoms with van der Waals surface area (Å²) in [6.07, 6.45) is 0. The third kappa shape index (κ3) is 4.39. The molecule has 0 aliphatic rings. The number of benzene rings is 2. The van der Waals surface area contributed by atoms with Gasteiger partial charge in [0.25, 0.3) is 0 Å². The van der Waals surface area contributed by atoms with Gasteiger partial charge in [-0.25, -0.2) is 0 Å². The van der Waals surface area contributed by atoms with E-state index in [1.807, 2.05) is 24.3 Å². The van der Waals surface area contributed by atoms with Crippen molar-refractivity contribution >= 4 is 34.8 Å². The lowest BCUT2D eigenvalue weighted by atomic mass is 10.1. The second-order valence-electron chi connectivity index (χ2n) is 4.29. The summed E-state index contributed by atoms with van der Waals surface area (Å²) < 4.78 is 0. The summed E-state index contributed by atoms with van der Waals surface area (Å²) in [5.74, 6) is 0.547. The van der Waals surface area contributed by atoms with Crippen molar-refractivity contribution in [1.29, 1.82) is 0 Å². The van der Waals surface area contributed by atoms with E-state index in [1.165, 1.54) is 5.56 Å². The third-order valence-corrected chi connectivity index (χ3v) is 3.74. The molecular weight excluding hydrogens is 301 g/mol. The van der Waals surface area contributed by atoms with E-state index in [4.69, 9.17) is 34.8 Å².